The number of ether oxygens (including phenoxy) is 1. The van der Waals surface area contributed by atoms with Crippen LogP contribution in [0.3, 0.4) is 0 Å². The van der Waals surface area contributed by atoms with Crippen molar-refractivity contribution in [2.75, 3.05) is 12.4 Å². The normalized spacial score (nSPS) is 12.2. The van der Waals surface area contributed by atoms with Crippen molar-refractivity contribution in [2.45, 2.75) is 12.8 Å². The molecule has 0 aliphatic rings. The van der Waals surface area contributed by atoms with Gasteiger partial charge in [-0.1, -0.05) is 50.1 Å². The van der Waals surface area contributed by atoms with Gasteiger partial charge in [0.05, 0.1) is 7.11 Å². The van der Waals surface area contributed by atoms with Crippen molar-refractivity contribution in [3.8, 4) is 5.75 Å². The van der Waals surface area contributed by atoms with Gasteiger partial charge in [0.15, 0.2) is 0 Å². The predicted molar refractivity (Wildman–Crippen MR) is 91.8 cm³/mol. The molecule has 4 heteroatoms. The number of rotatable bonds is 6. The summed E-state index contributed by atoms with van der Waals surface area (Å²) in [5, 5.41) is 0.860. The molecular weight excluding hydrogens is 399 g/mol. The topological polar surface area (TPSA) is 9.23 Å². The Labute approximate surface area is 141 Å². The van der Waals surface area contributed by atoms with E-state index in [1.54, 1.807) is 13.2 Å². The monoisotopic (exact) mass is 414 g/mol. The second-order valence-electron chi connectivity index (χ2n) is 5.02. The van der Waals surface area contributed by atoms with Gasteiger partial charge in [-0.05, 0) is 54.2 Å². The van der Waals surface area contributed by atoms with Gasteiger partial charge < -0.3 is 4.74 Å². The van der Waals surface area contributed by atoms with Crippen molar-refractivity contribution in [1.82, 2.24) is 0 Å². The number of methoxy groups -OCH3 is 1. The minimum Gasteiger partial charge on any atom is -0.496 e. The van der Waals surface area contributed by atoms with Crippen LogP contribution in [-0.2, 0) is 12.8 Å². The van der Waals surface area contributed by atoms with Crippen molar-refractivity contribution in [1.29, 1.82) is 0 Å². The highest BCUT2D eigenvalue weighted by atomic mass is 79.9. The lowest BCUT2D eigenvalue weighted by Gasteiger charge is -2.16. The Bertz CT molecular complexity index is 581. The molecule has 2 aromatic rings. The third-order valence-corrected chi connectivity index (χ3v) is 4.74. The third-order valence-electron chi connectivity index (χ3n) is 3.37. The zero-order valence-corrected chi connectivity index (χ0v) is 15.0. The number of hydrogen-bond acceptors (Lipinski definition) is 1. The molecule has 0 spiro atoms. The maximum atomic E-state index is 13.5. The number of halogens is 3. The number of hydrogen-bond donors (Lipinski definition) is 0. The standard InChI is InChI=1S/C17H17Br2FO/c1-21-17-5-3-2-4-14(17)7-13(11-18)6-12-8-15(19)10-16(20)9-12/h2-5,8-10,13H,6-7,11H2,1H3. The summed E-state index contributed by atoms with van der Waals surface area (Å²) >= 11 is 6.91. The van der Waals surface area contributed by atoms with E-state index in [-0.39, 0.29) is 5.82 Å². The second kappa shape index (κ2) is 7.95. The van der Waals surface area contributed by atoms with Crippen molar-refractivity contribution in [3.63, 3.8) is 0 Å². The van der Waals surface area contributed by atoms with Crippen LogP contribution < -0.4 is 4.74 Å². The summed E-state index contributed by atoms with van der Waals surface area (Å²) in [5.41, 5.74) is 2.18. The molecule has 0 radical (unpaired) electrons. The number of alkyl halides is 1. The summed E-state index contributed by atoms with van der Waals surface area (Å²) in [6.45, 7) is 0. The molecule has 21 heavy (non-hydrogen) atoms. The lowest BCUT2D eigenvalue weighted by Crippen LogP contribution is -2.11. The van der Waals surface area contributed by atoms with E-state index in [1.165, 1.54) is 11.6 Å². The van der Waals surface area contributed by atoms with Gasteiger partial charge in [-0.3, -0.25) is 0 Å². The van der Waals surface area contributed by atoms with Gasteiger partial charge in [0.1, 0.15) is 11.6 Å². The molecule has 0 bridgehead atoms. The van der Waals surface area contributed by atoms with Crippen molar-refractivity contribution in [3.05, 3.63) is 63.9 Å². The Morgan fingerprint density at radius 3 is 2.57 bits per heavy atom. The van der Waals surface area contributed by atoms with Crippen molar-refractivity contribution >= 4 is 31.9 Å². The molecule has 0 fully saturated rings. The van der Waals surface area contributed by atoms with Crippen molar-refractivity contribution in [2.24, 2.45) is 5.92 Å². The van der Waals surface area contributed by atoms with Crippen LogP contribution in [0.1, 0.15) is 11.1 Å². The highest BCUT2D eigenvalue weighted by Gasteiger charge is 2.13. The van der Waals surface area contributed by atoms with Gasteiger partial charge in [-0.15, -0.1) is 0 Å². The molecule has 1 nitrogen and oxygen atoms in total. The predicted octanol–water partition coefficient (Wildman–Crippen LogP) is 5.39. The summed E-state index contributed by atoms with van der Waals surface area (Å²) in [5.74, 6) is 1.09. The van der Waals surface area contributed by atoms with Crippen LogP contribution in [0.15, 0.2) is 46.9 Å². The van der Waals surface area contributed by atoms with E-state index >= 15 is 0 Å². The van der Waals surface area contributed by atoms with E-state index in [9.17, 15) is 4.39 Å². The Hall–Kier alpha value is -0.870. The summed E-state index contributed by atoms with van der Waals surface area (Å²) < 4.78 is 19.6. The van der Waals surface area contributed by atoms with Gasteiger partial charge in [0.25, 0.3) is 0 Å². The molecule has 2 aromatic carbocycles. The lowest BCUT2D eigenvalue weighted by atomic mass is 9.94. The first-order chi connectivity index (χ1) is 10.1. The zero-order valence-electron chi connectivity index (χ0n) is 11.8. The SMILES string of the molecule is COc1ccccc1CC(CBr)Cc1cc(F)cc(Br)c1. The zero-order chi connectivity index (χ0) is 15.2. The fourth-order valence-corrected chi connectivity index (χ4v) is 3.40. The summed E-state index contributed by atoms with van der Waals surface area (Å²) in [7, 11) is 1.69. The van der Waals surface area contributed by atoms with E-state index in [0.29, 0.717) is 5.92 Å². The van der Waals surface area contributed by atoms with Gasteiger partial charge in [-0.25, -0.2) is 4.39 Å². The van der Waals surface area contributed by atoms with Gasteiger partial charge in [0, 0.05) is 9.80 Å². The van der Waals surface area contributed by atoms with E-state index < -0.39 is 0 Å². The molecule has 0 aromatic heterocycles. The summed E-state index contributed by atoms with van der Waals surface area (Å²) in [6.07, 6.45) is 1.71. The summed E-state index contributed by atoms with van der Waals surface area (Å²) in [6, 6.07) is 13.1. The first-order valence-electron chi connectivity index (χ1n) is 6.75. The van der Waals surface area contributed by atoms with Crippen molar-refractivity contribution < 1.29 is 9.13 Å². The molecule has 112 valence electrons. The number of benzene rings is 2. The van der Waals surface area contributed by atoms with E-state index in [0.717, 1.165) is 34.0 Å². The minimum atomic E-state index is -0.204. The molecule has 0 aliphatic carbocycles. The molecule has 0 aliphatic heterocycles. The van der Waals surface area contributed by atoms with Crippen LogP contribution in [0.25, 0.3) is 0 Å². The van der Waals surface area contributed by atoms with Crippen LogP contribution >= 0.6 is 31.9 Å². The van der Waals surface area contributed by atoms with E-state index in [4.69, 9.17) is 4.74 Å². The first kappa shape index (κ1) is 16.5. The Morgan fingerprint density at radius 2 is 1.90 bits per heavy atom. The second-order valence-corrected chi connectivity index (χ2v) is 6.58. The van der Waals surface area contributed by atoms with Crippen LogP contribution in [-0.4, -0.2) is 12.4 Å². The van der Waals surface area contributed by atoms with Crippen LogP contribution in [0.5, 0.6) is 5.75 Å². The van der Waals surface area contributed by atoms with Gasteiger partial charge in [-0.2, -0.15) is 0 Å². The summed E-state index contributed by atoms with van der Waals surface area (Å²) in [4.78, 5) is 0. The van der Waals surface area contributed by atoms with E-state index in [1.807, 2.05) is 24.3 Å². The first-order valence-corrected chi connectivity index (χ1v) is 8.66. The molecule has 2 rings (SSSR count). The molecule has 0 amide bonds. The average molecular weight is 416 g/mol. The minimum absolute atomic E-state index is 0.204. The van der Waals surface area contributed by atoms with Gasteiger partial charge >= 0.3 is 0 Å². The molecule has 1 atom stereocenters. The average Bonchev–Trinajstić information content (AvgIpc) is 2.46. The largest absolute Gasteiger partial charge is 0.496 e. The quantitative estimate of drug-likeness (QED) is 0.574. The van der Waals surface area contributed by atoms with Gasteiger partial charge in [0.2, 0.25) is 0 Å². The van der Waals surface area contributed by atoms with Crippen LogP contribution in [0.2, 0.25) is 0 Å². The smallest absolute Gasteiger partial charge is 0.124 e. The fraction of sp³-hybridized carbons (Fsp3) is 0.294. The number of para-hydroxylation sites is 1. The lowest BCUT2D eigenvalue weighted by molar-refractivity contribution is 0.405. The molecule has 0 saturated carbocycles. The Morgan fingerprint density at radius 1 is 1.14 bits per heavy atom. The van der Waals surface area contributed by atoms with Crippen LogP contribution in [0, 0.1) is 11.7 Å². The molecular formula is C17H17Br2FO. The highest BCUT2D eigenvalue weighted by molar-refractivity contribution is 9.10. The molecule has 1 unspecified atom stereocenters. The molecule has 0 heterocycles. The Kier molecular flexibility index (Phi) is 6.24. The molecule has 0 saturated heterocycles. The maximum Gasteiger partial charge on any atom is 0.124 e. The maximum absolute atomic E-state index is 13.5. The van der Waals surface area contributed by atoms with E-state index in [2.05, 4.69) is 37.9 Å². The fourth-order valence-electron chi connectivity index (χ4n) is 2.43. The Balaban J connectivity index is 2.13. The highest BCUT2D eigenvalue weighted by Crippen LogP contribution is 2.25. The third kappa shape index (κ3) is 4.82. The van der Waals surface area contributed by atoms with Crippen LogP contribution in [0.4, 0.5) is 4.39 Å². The molecule has 0 N–H and O–H groups in total.